The highest BCUT2D eigenvalue weighted by Gasteiger charge is 2.47. The number of rotatable bonds is 19. The predicted octanol–water partition coefficient (Wildman–Crippen LogP) is 2.16. The van der Waals surface area contributed by atoms with Gasteiger partial charge < -0.3 is 52.3 Å². The van der Waals surface area contributed by atoms with E-state index >= 15 is 0 Å². The second kappa shape index (κ2) is 24.3. The maximum atomic E-state index is 14.4. The van der Waals surface area contributed by atoms with Gasteiger partial charge >= 0.3 is 0 Å². The van der Waals surface area contributed by atoms with Crippen LogP contribution in [0, 0.1) is 10.8 Å². The molecule has 2 heterocycles. The number of likely N-dealkylation sites (tertiary alicyclic amines) is 2. The fraction of sp³-hybridized carbons (Fsp3) is 0.472. The van der Waals surface area contributed by atoms with Gasteiger partial charge in [-0.05, 0) is 80.1 Å². The first-order valence-corrected chi connectivity index (χ1v) is 24.1. The quantitative estimate of drug-likeness (QED) is 0.0815. The molecule has 0 aliphatic carbocycles. The molecule has 8 atom stereocenters. The lowest BCUT2D eigenvalue weighted by molar-refractivity contribution is -0.144. The minimum atomic E-state index is -1.03. The van der Waals surface area contributed by atoms with Crippen LogP contribution in [0.15, 0.2) is 97.6 Å². The molecule has 3 aromatic carbocycles. The zero-order chi connectivity index (χ0) is 52.2. The maximum absolute atomic E-state index is 14.4. The maximum Gasteiger partial charge on any atom is 0.251 e. The lowest BCUT2D eigenvalue weighted by atomic mass is 9.85. The summed E-state index contributed by atoms with van der Waals surface area (Å²) in [7, 11) is 3.24. The topological polar surface area (TPSA) is 239 Å². The number of nitrogens with one attached hydrogen (secondary N) is 8. The number of nitrogens with zero attached hydrogens (tertiary/aromatic N) is 2. The van der Waals surface area contributed by atoms with Crippen LogP contribution in [0.2, 0.25) is 0 Å². The molecule has 8 amide bonds. The molecule has 0 bridgehead atoms. The van der Waals surface area contributed by atoms with E-state index in [0.717, 1.165) is 11.1 Å². The molecule has 18 nitrogen and oxygen atoms in total. The second-order valence-corrected chi connectivity index (χ2v) is 20.4. The first-order chi connectivity index (χ1) is 33.6. The summed E-state index contributed by atoms with van der Waals surface area (Å²) in [6.07, 6.45) is 1.63. The van der Waals surface area contributed by atoms with Crippen LogP contribution in [0.5, 0.6) is 0 Å². The molecule has 3 aromatic rings. The number of hydrogen-bond acceptors (Lipinski definition) is 10. The van der Waals surface area contributed by atoms with E-state index < -0.39 is 101 Å². The van der Waals surface area contributed by atoms with E-state index in [1.54, 1.807) is 21.0 Å². The van der Waals surface area contributed by atoms with Crippen LogP contribution < -0.4 is 42.5 Å². The van der Waals surface area contributed by atoms with E-state index in [1.165, 1.54) is 40.1 Å². The fourth-order valence-corrected chi connectivity index (χ4v) is 8.60. The third kappa shape index (κ3) is 14.6. The van der Waals surface area contributed by atoms with Gasteiger partial charge in [0.05, 0.1) is 6.04 Å². The molecule has 0 aromatic heterocycles. The van der Waals surface area contributed by atoms with E-state index in [-0.39, 0.29) is 56.1 Å². The number of benzene rings is 3. The fourth-order valence-electron chi connectivity index (χ4n) is 8.60. The molecule has 5 rings (SSSR count). The molecule has 382 valence electrons. The minimum Gasteiger partial charge on any atom is -0.350 e. The van der Waals surface area contributed by atoms with Crippen LogP contribution in [-0.2, 0) is 41.9 Å². The Bertz CT molecular complexity index is 2390. The Hall–Kier alpha value is -6.92. The van der Waals surface area contributed by atoms with Crippen LogP contribution in [0.4, 0.5) is 0 Å². The van der Waals surface area contributed by atoms with Crippen molar-refractivity contribution in [2.75, 3.05) is 27.2 Å². The van der Waals surface area contributed by atoms with E-state index in [4.69, 9.17) is 0 Å². The zero-order valence-corrected chi connectivity index (χ0v) is 42.4. The van der Waals surface area contributed by atoms with Crippen molar-refractivity contribution in [1.82, 2.24) is 52.3 Å². The summed E-state index contributed by atoms with van der Waals surface area (Å²) in [5.41, 5.74) is 0.667. The monoisotopic (exact) mass is 977 g/mol. The Labute approximate surface area is 417 Å². The summed E-state index contributed by atoms with van der Waals surface area (Å²) in [5, 5.41) is 23.2. The average Bonchev–Trinajstić information content (AvgIpc) is 3.97. The molecule has 0 spiro atoms. The van der Waals surface area contributed by atoms with Gasteiger partial charge in [0, 0.05) is 49.4 Å². The normalized spacial score (nSPS) is 19.6. The van der Waals surface area contributed by atoms with Crippen molar-refractivity contribution in [2.24, 2.45) is 10.8 Å². The number of amides is 8. The Kier molecular flexibility index (Phi) is 18.8. The third-order valence-corrected chi connectivity index (χ3v) is 12.9. The van der Waals surface area contributed by atoms with Crippen molar-refractivity contribution in [2.45, 2.75) is 123 Å². The van der Waals surface area contributed by atoms with Crippen LogP contribution in [-0.4, -0.2) is 133 Å². The van der Waals surface area contributed by atoms with Gasteiger partial charge in [-0.15, -0.1) is 6.58 Å². The van der Waals surface area contributed by atoms with E-state index in [2.05, 4.69) is 49.1 Å². The van der Waals surface area contributed by atoms with Crippen molar-refractivity contribution in [3.63, 3.8) is 0 Å². The lowest BCUT2D eigenvalue weighted by Gasteiger charge is -2.36. The van der Waals surface area contributed by atoms with Gasteiger partial charge in [-0.1, -0.05) is 108 Å². The largest absolute Gasteiger partial charge is 0.350 e. The average molecular weight is 977 g/mol. The second-order valence-electron chi connectivity index (χ2n) is 20.4. The van der Waals surface area contributed by atoms with Crippen molar-refractivity contribution in [1.29, 1.82) is 0 Å². The summed E-state index contributed by atoms with van der Waals surface area (Å²) in [6.45, 7) is 16.7. The van der Waals surface area contributed by atoms with Gasteiger partial charge in [-0.3, -0.25) is 38.4 Å². The number of hydrogen-bond donors (Lipinski definition) is 8. The Morgan fingerprint density at radius 1 is 0.592 bits per heavy atom. The molecule has 2 fully saturated rings. The first kappa shape index (κ1) is 55.0. The number of likely N-dealkylation sites (N-methyl/N-ethyl adjacent to an activating group) is 2. The number of carbonyl (C=O) groups excluding carboxylic acids is 8. The molecule has 0 saturated carbocycles. The Morgan fingerprint density at radius 2 is 0.972 bits per heavy atom. The summed E-state index contributed by atoms with van der Waals surface area (Å²) in [6, 6.07) is 18.0. The molecule has 2 saturated heterocycles. The first-order valence-electron chi connectivity index (χ1n) is 24.1. The predicted molar refractivity (Wildman–Crippen MR) is 270 cm³/mol. The van der Waals surface area contributed by atoms with Crippen LogP contribution in [0.1, 0.15) is 93.2 Å². The van der Waals surface area contributed by atoms with Crippen molar-refractivity contribution in [3.8, 4) is 0 Å². The number of carbonyl (C=O) groups is 8. The van der Waals surface area contributed by atoms with Gasteiger partial charge in [-0.25, -0.2) is 0 Å². The highest BCUT2D eigenvalue weighted by atomic mass is 16.2. The highest BCUT2D eigenvalue weighted by molar-refractivity contribution is 5.99. The SMILES string of the molecule is C=C[C@H](NC)C(=O)N[C@H](C(=O)N1CC(NC(=O)c2ccc(C(=O)N[C@H]3C[C@@H](C(=O)NCc4ccccc4)N(C(=O)[C@@H](NC(=O)[C@H](C)NC)C(C)(C)C)C3)cc2)C[C@H]1C(=O)NCc1ccccc1)C(C)(C)C. The molecular formula is C53H72N10O8. The molecule has 2 aliphatic heterocycles. The van der Waals surface area contributed by atoms with E-state index in [1.807, 2.05) is 102 Å². The molecule has 0 radical (unpaired) electrons. The molecule has 2 aliphatic rings. The molecule has 71 heavy (non-hydrogen) atoms. The minimum absolute atomic E-state index is 0.00113. The standard InChI is InChI=1S/C53H72N10O8/c1-11-39(55-10)47(67)61-43(53(6,7)8)51(71)63-31-38(27-41(63)49(69)57-29-34-20-16-13-17-21-34)59-46(66)36-24-22-35(23-25-36)45(65)58-37-26-40(48(68)56-28-33-18-14-12-15-19-33)62(30-37)50(70)42(52(3,4)5)60-44(64)32(2)54-9/h11-25,32,37-43,54-55H,1,26-31H2,2-10H3,(H,56,68)(H,57,69)(H,58,65)(H,59,66)(H,60,64)(H,61,67)/t32-,37-,38?,39-,40-,41-,42+,43+/m0/s1. The third-order valence-electron chi connectivity index (χ3n) is 12.9. The van der Waals surface area contributed by atoms with Crippen LogP contribution in [0.25, 0.3) is 0 Å². The summed E-state index contributed by atoms with van der Waals surface area (Å²) in [4.78, 5) is 113. The van der Waals surface area contributed by atoms with Crippen LogP contribution in [0.3, 0.4) is 0 Å². The van der Waals surface area contributed by atoms with Crippen molar-refractivity contribution in [3.05, 3.63) is 120 Å². The molecule has 1 unspecified atom stereocenters. The molecule has 8 N–H and O–H groups in total. The summed E-state index contributed by atoms with van der Waals surface area (Å²) in [5.74, 6) is -3.58. The Morgan fingerprint density at radius 3 is 1.31 bits per heavy atom. The molecule has 18 heteroatoms. The van der Waals surface area contributed by atoms with Gasteiger partial charge in [0.2, 0.25) is 35.4 Å². The zero-order valence-electron chi connectivity index (χ0n) is 42.4. The van der Waals surface area contributed by atoms with Gasteiger partial charge in [0.25, 0.3) is 11.8 Å². The lowest BCUT2D eigenvalue weighted by Crippen LogP contribution is -2.59. The van der Waals surface area contributed by atoms with Crippen molar-refractivity contribution < 1.29 is 38.4 Å². The summed E-state index contributed by atoms with van der Waals surface area (Å²) >= 11 is 0. The highest BCUT2D eigenvalue weighted by Crippen LogP contribution is 2.29. The van der Waals surface area contributed by atoms with Crippen LogP contribution >= 0.6 is 0 Å². The Balaban J connectivity index is 1.30. The van der Waals surface area contributed by atoms with E-state index in [0.29, 0.717) is 0 Å². The van der Waals surface area contributed by atoms with Gasteiger partial charge in [0.15, 0.2) is 0 Å². The van der Waals surface area contributed by atoms with E-state index in [9.17, 15) is 38.4 Å². The smallest absolute Gasteiger partial charge is 0.251 e. The summed E-state index contributed by atoms with van der Waals surface area (Å²) < 4.78 is 0. The van der Waals surface area contributed by atoms with Gasteiger partial charge in [0.1, 0.15) is 30.2 Å². The van der Waals surface area contributed by atoms with Crippen molar-refractivity contribution >= 4 is 47.3 Å². The van der Waals surface area contributed by atoms with Gasteiger partial charge in [-0.2, -0.15) is 0 Å². The molecular weight excluding hydrogens is 905 g/mol.